The molecule has 0 unspecified atom stereocenters. The van der Waals surface area contributed by atoms with Gasteiger partial charge in [-0.3, -0.25) is 9.78 Å². The number of rotatable bonds is 5. The Morgan fingerprint density at radius 1 is 1.06 bits per heavy atom. The number of likely N-dealkylation sites (N-methyl/N-ethyl adjacent to an activating group) is 1. The first-order chi connectivity index (χ1) is 16.1. The fourth-order valence-corrected chi connectivity index (χ4v) is 4.22. The van der Waals surface area contributed by atoms with Crippen LogP contribution in [0.2, 0.25) is 0 Å². The number of benzene rings is 2. The van der Waals surface area contributed by atoms with Gasteiger partial charge in [0.15, 0.2) is 0 Å². The lowest BCUT2D eigenvalue weighted by atomic mass is 10.0. The van der Waals surface area contributed by atoms with E-state index in [0.29, 0.717) is 22.5 Å². The van der Waals surface area contributed by atoms with Gasteiger partial charge in [0.2, 0.25) is 0 Å². The Morgan fingerprint density at radius 2 is 1.85 bits per heavy atom. The van der Waals surface area contributed by atoms with Crippen LogP contribution in [0.25, 0.3) is 11.3 Å². The van der Waals surface area contributed by atoms with Crippen molar-refractivity contribution in [2.45, 2.75) is 0 Å². The zero-order chi connectivity index (χ0) is 22.8. The van der Waals surface area contributed by atoms with Gasteiger partial charge in [-0.1, -0.05) is 0 Å². The highest BCUT2D eigenvalue weighted by molar-refractivity contribution is 6.37. The average molecular weight is 441 g/mol. The quantitative estimate of drug-likeness (QED) is 0.457. The van der Waals surface area contributed by atoms with Crippen LogP contribution in [0, 0.1) is 4.91 Å². The minimum absolute atomic E-state index is 0.242. The number of pyridine rings is 1. The molecule has 8 heteroatoms. The molecule has 0 bridgehead atoms. The highest BCUT2D eigenvalue weighted by Gasteiger charge is 2.29. The molecule has 0 atom stereocenters. The van der Waals surface area contributed by atoms with E-state index >= 15 is 0 Å². The molecule has 8 nitrogen and oxygen atoms in total. The molecule has 2 aromatic carbocycles. The van der Waals surface area contributed by atoms with Crippen LogP contribution in [0.5, 0.6) is 0 Å². The van der Waals surface area contributed by atoms with Crippen LogP contribution in [0.15, 0.2) is 72.2 Å². The van der Waals surface area contributed by atoms with E-state index in [-0.39, 0.29) is 11.6 Å². The van der Waals surface area contributed by atoms with E-state index in [1.807, 2.05) is 24.3 Å². The van der Waals surface area contributed by atoms with Gasteiger partial charge in [0.25, 0.3) is 5.91 Å². The number of aromatic nitrogens is 1. The van der Waals surface area contributed by atoms with Crippen LogP contribution in [-0.4, -0.2) is 49.0 Å². The molecular formula is C25H24N6O2. The summed E-state index contributed by atoms with van der Waals surface area (Å²) in [7, 11) is 2.14. The van der Waals surface area contributed by atoms with Crippen molar-refractivity contribution in [1.29, 1.82) is 0 Å². The largest absolute Gasteiger partial charge is 0.369 e. The number of fused-ring (bicyclic) bond motifs is 1. The third-order valence-corrected chi connectivity index (χ3v) is 6.06. The number of hydrogen-bond donors (Lipinski definition) is 2. The van der Waals surface area contributed by atoms with E-state index in [9.17, 15) is 9.70 Å². The molecule has 2 N–H and O–H groups in total. The lowest BCUT2D eigenvalue weighted by Crippen LogP contribution is -2.44. The molecule has 3 heterocycles. The molecule has 2 aliphatic rings. The minimum atomic E-state index is -0.242. The molecule has 1 amide bonds. The second-order valence-corrected chi connectivity index (χ2v) is 8.23. The van der Waals surface area contributed by atoms with Gasteiger partial charge in [0.1, 0.15) is 5.69 Å². The molecule has 3 aromatic rings. The smallest absolute Gasteiger partial charge is 0.258 e. The number of carbonyl (C=O) groups is 1. The normalized spacial score (nSPS) is 17.4. The summed E-state index contributed by atoms with van der Waals surface area (Å²) in [6.07, 6.45) is 3.42. The number of hydrogen-bond acceptors (Lipinski definition) is 7. The first-order valence-electron chi connectivity index (χ1n) is 10.9. The maximum atomic E-state index is 13.0. The van der Waals surface area contributed by atoms with Gasteiger partial charge in [0, 0.05) is 61.1 Å². The summed E-state index contributed by atoms with van der Waals surface area (Å²) in [4.78, 5) is 32.8. The van der Waals surface area contributed by atoms with Crippen LogP contribution in [0.3, 0.4) is 0 Å². The number of nitroso groups, excluding NO2 is 1. The van der Waals surface area contributed by atoms with Crippen molar-refractivity contribution >= 4 is 39.9 Å². The zero-order valence-electron chi connectivity index (χ0n) is 18.3. The number of nitrogens with zero attached hydrogens (tertiary/aromatic N) is 4. The number of anilines is 3. The number of piperazine rings is 1. The number of carbonyl (C=O) groups excluding carboxylic acids is 1. The SMILES string of the molecule is CN1CCN(c2ccc(N/C(=C3\C(=O)Nc4cc(N=O)ccc43)c3cccnc3)cc2)CC1. The van der Waals surface area contributed by atoms with Crippen LogP contribution in [0.1, 0.15) is 11.1 Å². The highest BCUT2D eigenvalue weighted by Crippen LogP contribution is 2.39. The van der Waals surface area contributed by atoms with Crippen LogP contribution < -0.4 is 15.5 Å². The van der Waals surface area contributed by atoms with Gasteiger partial charge in [-0.2, -0.15) is 0 Å². The average Bonchev–Trinajstić information content (AvgIpc) is 3.18. The molecule has 1 saturated heterocycles. The monoisotopic (exact) mass is 440 g/mol. The molecule has 33 heavy (non-hydrogen) atoms. The molecule has 0 spiro atoms. The minimum Gasteiger partial charge on any atom is -0.369 e. The molecule has 0 radical (unpaired) electrons. The fraction of sp³-hybridized carbons (Fsp3) is 0.200. The van der Waals surface area contributed by atoms with E-state index < -0.39 is 0 Å². The third-order valence-electron chi connectivity index (χ3n) is 6.06. The van der Waals surface area contributed by atoms with Gasteiger partial charge in [-0.25, -0.2) is 0 Å². The summed E-state index contributed by atoms with van der Waals surface area (Å²) < 4.78 is 0. The first-order valence-corrected chi connectivity index (χ1v) is 10.9. The molecule has 5 rings (SSSR count). The molecule has 2 aliphatic heterocycles. The first kappa shape index (κ1) is 20.8. The second kappa shape index (κ2) is 8.84. The maximum absolute atomic E-state index is 13.0. The van der Waals surface area contributed by atoms with Gasteiger partial charge >= 0.3 is 0 Å². The van der Waals surface area contributed by atoms with Crippen molar-refractivity contribution in [2.24, 2.45) is 5.18 Å². The summed E-state index contributed by atoms with van der Waals surface area (Å²) in [5.74, 6) is -0.242. The lowest BCUT2D eigenvalue weighted by molar-refractivity contribution is -0.110. The van der Waals surface area contributed by atoms with Crippen molar-refractivity contribution in [2.75, 3.05) is 48.8 Å². The number of nitrogens with one attached hydrogen (secondary N) is 2. The van der Waals surface area contributed by atoms with Crippen LogP contribution in [-0.2, 0) is 4.79 Å². The summed E-state index contributed by atoms with van der Waals surface area (Å²) in [5, 5.41) is 9.26. The fourth-order valence-electron chi connectivity index (χ4n) is 4.22. The number of amides is 1. The van der Waals surface area contributed by atoms with E-state index in [0.717, 1.165) is 37.4 Å². The van der Waals surface area contributed by atoms with Crippen LogP contribution >= 0.6 is 0 Å². The Kier molecular flexibility index (Phi) is 5.58. The summed E-state index contributed by atoms with van der Waals surface area (Å²) in [6, 6.07) is 16.9. The Bertz CT molecular complexity index is 1220. The summed E-state index contributed by atoms with van der Waals surface area (Å²) >= 11 is 0. The summed E-state index contributed by atoms with van der Waals surface area (Å²) in [5.41, 5.74) is 5.54. The van der Waals surface area contributed by atoms with E-state index in [1.165, 1.54) is 5.69 Å². The molecule has 0 aliphatic carbocycles. The Balaban J connectivity index is 1.50. The van der Waals surface area contributed by atoms with Gasteiger partial charge in [0.05, 0.1) is 17.0 Å². The molecule has 0 saturated carbocycles. The Morgan fingerprint density at radius 3 is 2.55 bits per heavy atom. The van der Waals surface area contributed by atoms with Crippen molar-refractivity contribution in [1.82, 2.24) is 9.88 Å². The van der Waals surface area contributed by atoms with E-state index in [1.54, 1.807) is 30.6 Å². The van der Waals surface area contributed by atoms with Crippen LogP contribution in [0.4, 0.5) is 22.7 Å². The predicted octanol–water partition coefficient (Wildman–Crippen LogP) is 4.16. The summed E-state index contributed by atoms with van der Waals surface area (Å²) in [6.45, 7) is 4.10. The molecule has 166 valence electrons. The zero-order valence-corrected chi connectivity index (χ0v) is 18.3. The van der Waals surface area contributed by atoms with Crippen molar-refractivity contribution < 1.29 is 4.79 Å². The Labute approximate surface area is 191 Å². The molecular weight excluding hydrogens is 416 g/mol. The van der Waals surface area contributed by atoms with Gasteiger partial charge < -0.3 is 20.4 Å². The molecule has 1 aromatic heterocycles. The second-order valence-electron chi connectivity index (χ2n) is 8.23. The van der Waals surface area contributed by atoms with Crippen molar-refractivity contribution in [3.63, 3.8) is 0 Å². The Hall–Kier alpha value is -4.04. The lowest BCUT2D eigenvalue weighted by Gasteiger charge is -2.34. The molecule has 1 fully saturated rings. The van der Waals surface area contributed by atoms with E-state index in [4.69, 9.17) is 0 Å². The topological polar surface area (TPSA) is 89.9 Å². The van der Waals surface area contributed by atoms with E-state index in [2.05, 4.69) is 49.8 Å². The van der Waals surface area contributed by atoms with Crippen molar-refractivity contribution in [3.8, 4) is 0 Å². The van der Waals surface area contributed by atoms with Gasteiger partial charge in [-0.05, 0) is 66.8 Å². The predicted molar refractivity (Wildman–Crippen MR) is 131 cm³/mol. The highest BCUT2D eigenvalue weighted by atomic mass is 16.3. The third kappa shape index (κ3) is 4.20. The van der Waals surface area contributed by atoms with Crippen molar-refractivity contribution in [3.05, 3.63) is 83.0 Å². The maximum Gasteiger partial charge on any atom is 0.258 e. The standard InChI is InChI=1S/C25H24N6O2/c1-30-11-13-31(14-12-30)20-7-4-18(5-8-20)27-24(17-3-2-10-26-16-17)23-21-9-6-19(29-33)15-22(21)28-25(23)32/h2-10,15-16,27H,11-14H2,1H3,(H,28,32)/b24-23-. The van der Waals surface area contributed by atoms with Gasteiger partial charge in [-0.15, -0.1) is 4.91 Å².